The number of hydrogen-bond donors (Lipinski definition) is 0. The fraction of sp³-hybridized carbons (Fsp3) is 0.400. The van der Waals surface area contributed by atoms with Gasteiger partial charge in [-0.1, -0.05) is 17.4 Å². The summed E-state index contributed by atoms with van der Waals surface area (Å²) in [5.41, 5.74) is 3.25. The maximum Gasteiger partial charge on any atom is 0.350 e. The van der Waals surface area contributed by atoms with Crippen LogP contribution in [0.2, 0.25) is 0 Å². The lowest BCUT2D eigenvalue weighted by molar-refractivity contribution is -0.118. The van der Waals surface area contributed by atoms with E-state index in [1.807, 2.05) is 35.9 Å². The van der Waals surface area contributed by atoms with E-state index in [0.29, 0.717) is 22.3 Å². The lowest BCUT2D eigenvalue weighted by Gasteiger charge is -2.18. The second-order valence-electron chi connectivity index (χ2n) is 6.96. The van der Waals surface area contributed by atoms with Crippen molar-refractivity contribution in [3.8, 4) is 0 Å². The molecule has 0 atom stereocenters. The molecule has 1 aliphatic rings. The Morgan fingerprint density at radius 3 is 2.79 bits per heavy atom. The van der Waals surface area contributed by atoms with E-state index in [0.717, 1.165) is 29.7 Å². The minimum absolute atomic E-state index is 0.0484. The van der Waals surface area contributed by atoms with Crippen LogP contribution in [0.25, 0.3) is 5.65 Å². The fourth-order valence-corrected chi connectivity index (χ4v) is 4.25. The molecular weight excluding hydrogens is 376 g/mol. The van der Waals surface area contributed by atoms with E-state index in [1.165, 1.54) is 11.3 Å². The van der Waals surface area contributed by atoms with Crippen LogP contribution in [0.1, 0.15) is 46.4 Å². The largest absolute Gasteiger partial charge is 0.462 e. The Balaban J connectivity index is 1.59. The number of nitrogens with zero attached hydrogens (tertiary/aromatic N) is 4. The van der Waals surface area contributed by atoms with Crippen molar-refractivity contribution >= 4 is 34.0 Å². The number of aryl methyl sites for hydroxylation is 2. The van der Waals surface area contributed by atoms with Crippen LogP contribution in [0, 0.1) is 13.8 Å². The van der Waals surface area contributed by atoms with Gasteiger partial charge in [-0.3, -0.25) is 9.69 Å². The van der Waals surface area contributed by atoms with E-state index in [1.54, 1.807) is 18.7 Å². The molecule has 0 unspecified atom stereocenters. The number of amides is 1. The Kier molecular flexibility index (Phi) is 4.89. The maximum absolute atomic E-state index is 13.1. The first-order chi connectivity index (χ1) is 13.5. The molecule has 0 saturated heterocycles. The van der Waals surface area contributed by atoms with Gasteiger partial charge in [0.1, 0.15) is 10.5 Å². The second-order valence-corrected chi connectivity index (χ2v) is 7.93. The highest BCUT2D eigenvalue weighted by atomic mass is 32.1. The number of hydrogen-bond acceptors (Lipinski definition) is 6. The molecule has 4 rings (SSSR count). The minimum Gasteiger partial charge on any atom is -0.462 e. The van der Waals surface area contributed by atoms with Crippen LogP contribution in [0.5, 0.6) is 0 Å². The van der Waals surface area contributed by atoms with Gasteiger partial charge in [0.2, 0.25) is 5.91 Å². The van der Waals surface area contributed by atoms with E-state index >= 15 is 0 Å². The van der Waals surface area contributed by atoms with Gasteiger partial charge in [-0.05, 0) is 45.2 Å². The SMILES string of the molecule is CCOC(=O)c1sc(N(C(=O)Cc2cn3cccc(C)c3n2)C2CC2)nc1C. The molecule has 0 bridgehead atoms. The van der Waals surface area contributed by atoms with Crippen molar-refractivity contribution in [2.45, 2.75) is 46.1 Å². The van der Waals surface area contributed by atoms with Gasteiger partial charge in [-0.2, -0.15) is 0 Å². The highest BCUT2D eigenvalue weighted by Crippen LogP contribution is 2.36. The minimum atomic E-state index is -0.386. The normalized spacial score (nSPS) is 13.7. The molecule has 0 aliphatic heterocycles. The van der Waals surface area contributed by atoms with E-state index < -0.39 is 0 Å². The van der Waals surface area contributed by atoms with Gasteiger partial charge in [0.15, 0.2) is 5.13 Å². The van der Waals surface area contributed by atoms with Gasteiger partial charge in [0.25, 0.3) is 0 Å². The van der Waals surface area contributed by atoms with Crippen molar-refractivity contribution < 1.29 is 14.3 Å². The number of imidazole rings is 1. The average molecular weight is 398 g/mol. The zero-order chi connectivity index (χ0) is 19.8. The van der Waals surface area contributed by atoms with Crippen molar-refractivity contribution in [2.24, 2.45) is 0 Å². The summed E-state index contributed by atoms with van der Waals surface area (Å²) in [5.74, 6) is -0.435. The number of fused-ring (bicyclic) bond motifs is 1. The Morgan fingerprint density at radius 2 is 2.11 bits per heavy atom. The highest BCUT2D eigenvalue weighted by molar-refractivity contribution is 7.17. The number of aromatic nitrogens is 3. The number of esters is 1. The summed E-state index contributed by atoms with van der Waals surface area (Å²) in [6, 6.07) is 4.10. The zero-order valence-electron chi connectivity index (χ0n) is 16.1. The smallest absolute Gasteiger partial charge is 0.350 e. The first-order valence-electron chi connectivity index (χ1n) is 9.37. The summed E-state index contributed by atoms with van der Waals surface area (Å²) in [5, 5.41) is 0.563. The first-order valence-corrected chi connectivity index (χ1v) is 10.2. The number of ether oxygens (including phenoxy) is 1. The third-order valence-corrected chi connectivity index (χ3v) is 5.83. The summed E-state index contributed by atoms with van der Waals surface area (Å²) >= 11 is 1.22. The summed E-state index contributed by atoms with van der Waals surface area (Å²) in [6.45, 7) is 5.85. The van der Waals surface area contributed by atoms with Crippen LogP contribution >= 0.6 is 11.3 Å². The Labute approximate surface area is 167 Å². The number of carbonyl (C=O) groups is 2. The number of rotatable bonds is 6. The number of carbonyl (C=O) groups excluding carboxylic acids is 2. The van der Waals surface area contributed by atoms with Crippen LogP contribution < -0.4 is 4.90 Å². The molecule has 1 saturated carbocycles. The molecule has 3 aromatic rings. The summed E-state index contributed by atoms with van der Waals surface area (Å²) in [4.78, 5) is 36.5. The molecule has 1 fully saturated rings. The van der Waals surface area contributed by atoms with Crippen molar-refractivity contribution in [2.75, 3.05) is 11.5 Å². The van der Waals surface area contributed by atoms with Crippen LogP contribution in [-0.4, -0.2) is 38.9 Å². The van der Waals surface area contributed by atoms with Gasteiger partial charge >= 0.3 is 5.97 Å². The lowest BCUT2D eigenvalue weighted by Crippen LogP contribution is -2.34. The average Bonchev–Trinajstić information content (AvgIpc) is 3.26. The molecule has 1 amide bonds. The van der Waals surface area contributed by atoms with Gasteiger partial charge in [-0.25, -0.2) is 14.8 Å². The molecule has 1 aliphatic carbocycles. The quantitative estimate of drug-likeness (QED) is 0.595. The summed E-state index contributed by atoms with van der Waals surface area (Å²) < 4.78 is 7.03. The highest BCUT2D eigenvalue weighted by Gasteiger charge is 2.36. The fourth-order valence-electron chi connectivity index (χ4n) is 3.20. The molecule has 0 spiro atoms. The van der Waals surface area contributed by atoms with Gasteiger partial charge in [0, 0.05) is 18.4 Å². The number of pyridine rings is 1. The monoisotopic (exact) mass is 398 g/mol. The van der Waals surface area contributed by atoms with Crippen molar-refractivity contribution in [3.63, 3.8) is 0 Å². The van der Waals surface area contributed by atoms with Gasteiger partial charge < -0.3 is 9.14 Å². The van der Waals surface area contributed by atoms with Crippen LogP contribution in [-0.2, 0) is 16.0 Å². The molecule has 3 aromatic heterocycles. The van der Waals surface area contributed by atoms with Crippen molar-refractivity contribution in [1.29, 1.82) is 0 Å². The molecule has 0 radical (unpaired) electrons. The van der Waals surface area contributed by atoms with Crippen LogP contribution in [0.15, 0.2) is 24.5 Å². The van der Waals surface area contributed by atoms with Crippen molar-refractivity contribution in [3.05, 3.63) is 46.4 Å². The third kappa shape index (κ3) is 3.52. The molecule has 146 valence electrons. The molecular formula is C20H22N4O3S. The predicted octanol–water partition coefficient (Wildman–Crippen LogP) is 3.32. The molecule has 0 N–H and O–H groups in total. The molecule has 28 heavy (non-hydrogen) atoms. The summed E-state index contributed by atoms with van der Waals surface area (Å²) in [6.07, 6.45) is 5.91. The molecule has 7 nitrogen and oxygen atoms in total. The Bertz CT molecular complexity index is 1050. The van der Waals surface area contributed by atoms with Crippen LogP contribution in [0.3, 0.4) is 0 Å². The second kappa shape index (κ2) is 7.35. The van der Waals surface area contributed by atoms with E-state index in [-0.39, 0.29) is 24.3 Å². The lowest BCUT2D eigenvalue weighted by atomic mass is 10.3. The Morgan fingerprint density at radius 1 is 1.32 bits per heavy atom. The van der Waals surface area contributed by atoms with E-state index in [4.69, 9.17) is 4.74 Å². The standard InChI is InChI=1S/C20H22N4O3S/c1-4-27-19(26)17-13(3)21-20(28-17)24(15-7-8-15)16(25)10-14-11-23-9-5-6-12(2)18(23)22-14/h5-6,9,11,15H,4,7-8,10H2,1-3H3. The third-order valence-electron chi connectivity index (χ3n) is 4.69. The Hall–Kier alpha value is -2.74. The molecule has 3 heterocycles. The van der Waals surface area contributed by atoms with Gasteiger partial charge in [0.05, 0.1) is 24.4 Å². The maximum atomic E-state index is 13.1. The van der Waals surface area contributed by atoms with Crippen LogP contribution in [0.4, 0.5) is 5.13 Å². The summed E-state index contributed by atoms with van der Waals surface area (Å²) in [7, 11) is 0. The van der Waals surface area contributed by atoms with E-state index in [9.17, 15) is 9.59 Å². The van der Waals surface area contributed by atoms with E-state index in [2.05, 4.69) is 9.97 Å². The van der Waals surface area contributed by atoms with Crippen molar-refractivity contribution in [1.82, 2.24) is 14.4 Å². The first kappa shape index (κ1) is 18.6. The van der Waals surface area contributed by atoms with Gasteiger partial charge in [-0.15, -0.1) is 0 Å². The number of anilines is 1. The zero-order valence-corrected chi connectivity index (χ0v) is 17.0. The predicted molar refractivity (Wildman–Crippen MR) is 107 cm³/mol. The molecule has 0 aromatic carbocycles. The number of thiazole rings is 1. The molecule has 8 heteroatoms. The topological polar surface area (TPSA) is 76.8 Å².